The van der Waals surface area contributed by atoms with Gasteiger partial charge in [0.25, 0.3) is 0 Å². The average Bonchev–Trinajstić information content (AvgIpc) is 2.83. The van der Waals surface area contributed by atoms with Gasteiger partial charge in [-0.25, -0.2) is 0 Å². The zero-order chi connectivity index (χ0) is 20.8. The van der Waals surface area contributed by atoms with Crippen molar-refractivity contribution in [3.63, 3.8) is 0 Å². The van der Waals surface area contributed by atoms with Crippen LogP contribution in [0.5, 0.6) is 0 Å². The number of hydrogen-bond donors (Lipinski definition) is 0. The van der Waals surface area contributed by atoms with Crippen molar-refractivity contribution >= 4 is 55.2 Å². The summed E-state index contributed by atoms with van der Waals surface area (Å²) < 4.78 is 0. The zero-order valence-corrected chi connectivity index (χ0v) is 17.5. The van der Waals surface area contributed by atoms with Crippen LogP contribution in [-0.2, 0) is 0 Å². The van der Waals surface area contributed by atoms with Gasteiger partial charge in [0, 0.05) is 0 Å². The molecular weight excluding hydrogens is 372 g/mol. The predicted molar refractivity (Wildman–Crippen MR) is 137 cm³/mol. The molecule has 0 bridgehead atoms. The van der Waals surface area contributed by atoms with Crippen molar-refractivity contribution in [2.24, 2.45) is 0 Å². The lowest BCUT2D eigenvalue weighted by Crippen LogP contribution is -1.86. The molecule has 0 aliphatic rings. The fourth-order valence-electron chi connectivity index (χ4n) is 4.71. The first kappa shape index (κ1) is 17.9. The standard InChI is InChI=1S/C31H22/c1-21-10-12-22(13-11-21)14-15-25-20-30-29(28-9-5-4-7-26(25)28)19-18-24-17-16-23-6-2-3-8-27(23)31(24)30/h2-20H,1H3. The quantitative estimate of drug-likeness (QED) is 0.203. The van der Waals surface area contributed by atoms with E-state index in [2.05, 4.69) is 122 Å². The summed E-state index contributed by atoms with van der Waals surface area (Å²) >= 11 is 0. The smallest absolute Gasteiger partial charge is 0.00264 e. The molecule has 6 aromatic rings. The Hall–Kier alpha value is -3.90. The molecule has 0 N–H and O–H groups in total. The number of aryl methyl sites for hydroxylation is 1. The molecule has 0 heteroatoms. The highest BCUT2D eigenvalue weighted by Crippen LogP contribution is 2.37. The molecule has 0 fully saturated rings. The molecule has 0 unspecified atom stereocenters. The summed E-state index contributed by atoms with van der Waals surface area (Å²) in [6.45, 7) is 2.12. The van der Waals surface area contributed by atoms with Gasteiger partial charge in [-0.05, 0) is 67.2 Å². The number of rotatable bonds is 2. The van der Waals surface area contributed by atoms with E-state index in [9.17, 15) is 0 Å². The molecule has 31 heavy (non-hydrogen) atoms. The van der Waals surface area contributed by atoms with E-state index in [0.717, 1.165) is 0 Å². The van der Waals surface area contributed by atoms with Crippen LogP contribution in [0.4, 0.5) is 0 Å². The number of hydrogen-bond acceptors (Lipinski definition) is 0. The molecule has 0 atom stereocenters. The summed E-state index contributed by atoms with van der Waals surface area (Å²) in [5, 5.41) is 10.4. The molecule has 0 saturated heterocycles. The summed E-state index contributed by atoms with van der Waals surface area (Å²) in [5.41, 5.74) is 3.76. The molecule has 0 spiro atoms. The Balaban J connectivity index is 1.70. The van der Waals surface area contributed by atoms with Crippen LogP contribution in [0, 0.1) is 6.92 Å². The normalized spacial score (nSPS) is 11.9. The van der Waals surface area contributed by atoms with Crippen LogP contribution >= 0.6 is 0 Å². The molecule has 0 aromatic heterocycles. The topological polar surface area (TPSA) is 0 Å². The molecule has 0 nitrogen and oxygen atoms in total. The molecular formula is C31H22. The highest BCUT2D eigenvalue weighted by Gasteiger charge is 2.10. The SMILES string of the molecule is Cc1ccc(C=Cc2cc3c(ccc4ccc5ccccc5c43)c3ccccc23)cc1. The van der Waals surface area contributed by atoms with Crippen LogP contribution in [0.15, 0.2) is 103 Å². The Morgan fingerprint density at radius 3 is 1.97 bits per heavy atom. The van der Waals surface area contributed by atoms with Gasteiger partial charge < -0.3 is 0 Å². The summed E-state index contributed by atoms with van der Waals surface area (Å²) in [6, 6.07) is 37.5. The molecule has 0 amide bonds. The van der Waals surface area contributed by atoms with E-state index in [1.165, 1.54) is 59.8 Å². The van der Waals surface area contributed by atoms with Gasteiger partial charge in [-0.15, -0.1) is 0 Å². The highest BCUT2D eigenvalue weighted by atomic mass is 14.1. The van der Waals surface area contributed by atoms with Gasteiger partial charge in [-0.3, -0.25) is 0 Å². The van der Waals surface area contributed by atoms with E-state index in [4.69, 9.17) is 0 Å². The Morgan fingerprint density at radius 1 is 0.484 bits per heavy atom. The highest BCUT2D eigenvalue weighted by molar-refractivity contribution is 6.25. The third-order valence-corrected chi connectivity index (χ3v) is 6.31. The fourth-order valence-corrected chi connectivity index (χ4v) is 4.71. The zero-order valence-electron chi connectivity index (χ0n) is 17.5. The molecule has 0 radical (unpaired) electrons. The number of fused-ring (bicyclic) bond motifs is 7. The van der Waals surface area contributed by atoms with Crippen LogP contribution in [0.2, 0.25) is 0 Å². The average molecular weight is 395 g/mol. The van der Waals surface area contributed by atoms with Crippen molar-refractivity contribution in [3.05, 3.63) is 120 Å². The first-order chi connectivity index (χ1) is 15.3. The van der Waals surface area contributed by atoms with Gasteiger partial charge in [0.1, 0.15) is 0 Å². The van der Waals surface area contributed by atoms with E-state index < -0.39 is 0 Å². The first-order valence-corrected chi connectivity index (χ1v) is 10.8. The second kappa shape index (κ2) is 7.11. The van der Waals surface area contributed by atoms with Gasteiger partial charge >= 0.3 is 0 Å². The van der Waals surface area contributed by atoms with Crippen LogP contribution in [0.3, 0.4) is 0 Å². The summed E-state index contributed by atoms with van der Waals surface area (Å²) in [5.74, 6) is 0. The van der Waals surface area contributed by atoms with E-state index >= 15 is 0 Å². The van der Waals surface area contributed by atoms with Crippen molar-refractivity contribution in [2.45, 2.75) is 6.92 Å². The van der Waals surface area contributed by atoms with E-state index in [0.29, 0.717) is 0 Å². The van der Waals surface area contributed by atoms with Crippen LogP contribution in [0.1, 0.15) is 16.7 Å². The minimum absolute atomic E-state index is 1.22. The monoisotopic (exact) mass is 394 g/mol. The predicted octanol–water partition coefficient (Wildman–Crippen LogP) is 8.78. The van der Waals surface area contributed by atoms with Gasteiger partial charge in [-0.1, -0.05) is 115 Å². The Morgan fingerprint density at radius 2 is 1.13 bits per heavy atom. The summed E-state index contributed by atoms with van der Waals surface area (Å²) in [6.07, 6.45) is 4.48. The van der Waals surface area contributed by atoms with E-state index in [1.807, 2.05) is 0 Å². The minimum atomic E-state index is 1.22. The lowest BCUT2D eigenvalue weighted by Gasteiger charge is -2.12. The van der Waals surface area contributed by atoms with Gasteiger partial charge in [0.05, 0.1) is 0 Å². The van der Waals surface area contributed by atoms with Crippen molar-refractivity contribution < 1.29 is 0 Å². The number of benzene rings is 6. The molecule has 0 aliphatic carbocycles. The Kier molecular flexibility index (Phi) is 4.11. The molecule has 146 valence electrons. The van der Waals surface area contributed by atoms with E-state index in [1.54, 1.807) is 0 Å². The first-order valence-electron chi connectivity index (χ1n) is 10.8. The Bertz CT molecular complexity index is 1620. The third kappa shape index (κ3) is 3.00. The molecule has 6 aromatic carbocycles. The molecule has 0 saturated carbocycles. The van der Waals surface area contributed by atoms with Crippen LogP contribution in [0.25, 0.3) is 55.2 Å². The van der Waals surface area contributed by atoms with Crippen LogP contribution < -0.4 is 0 Å². The van der Waals surface area contributed by atoms with E-state index in [-0.39, 0.29) is 0 Å². The second-order valence-electron chi connectivity index (χ2n) is 8.30. The second-order valence-corrected chi connectivity index (χ2v) is 8.30. The summed E-state index contributed by atoms with van der Waals surface area (Å²) in [7, 11) is 0. The maximum Gasteiger partial charge on any atom is -0.00264 e. The maximum atomic E-state index is 2.37. The minimum Gasteiger partial charge on any atom is -0.0616 e. The fraction of sp³-hybridized carbons (Fsp3) is 0.0323. The Labute approximate surface area is 182 Å². The van der Waals surface area contributed by atoms with Crippen molar-refractivity contribution in [3.8, 4) is 0 Å². The lowest BCUT2D eigenvalue weighted by molar-refractivity contribution is 1.46. The van der Waals surface area contributed by atoms with Crippen molar-refractivity contribution in [1.82, 2.24) is 0 Å². The van der Waals surface area contributed by atoms with Crippen molar-refractivity contribution in [2.75, 3.05) is 0 Å². The molecule has 0 aliphatic heterocycles. The van der Waals surface area contributed by atoms with Gasteiger partial charge in [0.2, 0.25) is 0 Å². The van der Waals surface area contributed by atoms with Gasteiger partial charge in [0.15, 0.2) is 0 Å². The molecule has 0 heterocycles. The summed E-state index contributed by atoms with van der Waals surface area (Å²) in [4.78, 5) is 0. The van der Waals surface area contributed by atoms with Gasteiger partial charge in [-0.2, -0.15) is 0 Å². The van der Waals surface area contributed by atoms with Crippen molar-refractivity contribution in [1.29, 1.82) is 0 Å². The third-order valence-electron chi connectivity index (χ3n) is 6.31. The van der Waals surface area contributed by atoms with Crippen LogP contribution in [-0.4, -0.2) is 0 Å². The molecule has 6 rings (SSSR count). The maximum absolute atomic E-state index is 2.37. The largest absolute Gasteiger partial charge is 0.0616 e. The lowest BCUT2D eigenvalue weighted by atomic mass is 9.91.